The lowest BCUT2D eigenvalue weighted by Crippen LogP contribution is -2.38. The molecule has 2 nitrogen and oxygen atoms in total. The van der Waals surface area contributed by atoms with Crippen LogP contribution in [0.15, 0.2) is 18.2 Å². The van der Waals surface area contributed by atoms with Crippen LogP contribution in [0.1, 0.15) is 18.1 Å². The minimum Gasteiger partial charge on any atom is -0.271 e. The summed E-state index contributed by atoms with van der Waals surface area (Å²) < 4.78 is 0. The quantitative estimate of drug-likeness (QED) is 0.609. The van der Waals surface area contributed by atoms with Crippen LogP contribution in [0.4, 0.5) is 0 Å². The molecule has 90 valence electrons. The lowest BCUT2D eigenvalue weighted by molar-refractivity contribution is 0.575. The largest absolute Gasteiger partial charge is 0.271 e. The predicted octanol–water partition coefficient (Wildman–Crippen LogP) is 2.78. The highest BCUT2D eigenvalue weighted by molar-refractivity contribution is 7.99. The van der Waals surface area contributed by atoms with Gasteiger partial charge in [0.15, 0.2) is 0 Å². The minimum atomic E-state index is 0.283. The van der Waals surface area contributed by atoms with Gasteiger partial charge < -0.3 is 0 Å². The molecule has 3 N–H and O–H groups in total. The fourth-order valence-corrected chi connectivity index (χ4v) is 2.56. The summed E-state index contributed by atoms with van der Waals surface area (Å²) >= 11 is 8.07. The second kappa shape index (κ2) is 7.17. The van der Waals surface area contributed by atoms with E-state index in [9.17, 15) is 0 Å². The SMILES string of the molecule is CCSCC(Cc1ccc(C)cc1Cl)NN. The second-order valence-corrected chi connectivity index (χ2v) is 5.55. The van der Waals surface area contributed by atoms with Gasteiger partial charge in [0, 0.05) is 16.8 Å². The zero-order valence-corrected chi connectivity index (χ0v) is 11.4. The fourth-order valence-electron chi connectivity index (χ4n) is 1.51. The molecule has 1 aromatic carbocycles. The number of benzene rings is 1. The molecule has 0 fully saturated rings. The zero-order chi connectivity index (χ0) is 12.0. The second-order valence-electron chi connectivity index (χ2n) is 3.82. The van der Waals surface area contributed by atoms with E-state index in [0.717, 1.165) is 28.5 Å². The molecule has 1 atom stereocenters. The summed E-state index contributed by atoms with van der Waals surface area (Å²) in [6.45, 7) is 4.19. The molecule has 0 aliphatic carbocycles. The van der Waals surface area contributed by atoms with Gasteiger partial charge in [0.1, 0.15) is 0 Å². The highest BCUT2D eigenvalue weighted by Crippen LogP contribution is 2.19. The smallest absolute Gasteiger partial charge is 0.0441 e. The molecule has 1 aromatic rings. The third kappa shape index (κ3) is 4.34. The normalized spacial score (nSPS) is 12.8. The molecule has 0 saturated heterocycles. The molecule has 1 unspecified atom stereocenters. The van der Waals surface area contributed by atoms with E-state index in [1.807, 2.05) is 24.8 Å². The lowest BCUT2D eigenvalue weighted by atomic mass is 10.1. The van der Waals surface area contributed by atoms with Crippen LogP contribution in [0.5, 0.6) is 0 Å². The Bertz CT molecular complexity index is 331. The zero-order valence-electron chi connectivity index (χ0n) is 9.79. The van der Waals surface area contributed by atoms with Crippen molar-refractivity contribution in [2.45, 2.75) is 26.3 Å². The van der Waals surface area contributed by atoms with Crippen LogP contribution in [-0.4, -0.2) is 17.5 Å². The van der Waals surface area contributed by atoms with E-state index < -0.39 is 0 Å². The number of rotatable bonds is 6. The van der Waals surface area contributed by atoms with Crippen LogP contribution in [-0.2, 0) is 6.42 Å². The fraction of sp³-hybridized carbons (Fsp3) is 0.500. The number of nitrogens with one attached hydrogen (secondary N) is 1. The summed E-state index contributed by atoms with van der Waals surface area (Å²) in [7, 11) is 0. The van der Waals surface area contributed by atoms with Crippen LogP contribution in [0.2, 0.25) is 5.02 Å². The van der Waals surface area contributed by atoms with Gasteiger partial charge in [-0.25, -0.2) is 0 Å². The summed E-state index contributed by atoms with van der Waals surface area (Å²) in [6.07, 6.45) is 0.878. The topological polar surface area (TPSA) is 38.0 Å². The number of hydrazine groups is 1. The van der Waals surface area contributed by atoms with Gasteiger partial charge >= 0.3 is 0 Å². The first-order valence-corrected chi connectivity index (χ1v) is 6.99. The number of halogens is 1. The van der Waals surface area contributed by atoms with Crippen LogP contribution in [0.25, 0.3) is 0 Å². The molecule has 4 heteroatoms. The first-order chi connectivity index (χ1) is 7.67. The van der Waals surface area contributed by atoms with Gasteiger partial charge in [0.05, 0.1) is 0 Å². The minimum absolute atomic E-state index is 0.283. The van der Waals surface area contributed by atoms with E-state index in [0.29, 0.717) is 0 Å². The van der Waals surface area contributed by atoms with Gasteiger partial charge in [0.25, 0.3) is 0 Å². The molecule has 0 bridgehead atoms. The molecule has 0 radical (unpaired) electrons. The number of thioether (sulfide) groups is 1. The Morgan fingerprint density at radius 3 is 2.81 bits per heavy atom. The van der Waals surface area contributed by atoms with Crippen molar-refractivity contribution in [1.29, 1.82) is 0 Å². The Morgan fingerprint density at radius 1 is 1.50 bits per heavy atom. The van der Waals surface area contributed by atoms with Crippen LogP contribution >= 0.6 is 23.4 Å². The maximum Gasteiger partial charge on any atom is 0.0441 e. The molecule has 0 spiro atoms. The van der Waals surface area contributed by atoms with Gasteiger partial charge in [-0.2, -0.15) is 11.8 Å². The monoisotopic (exact) mass is 258 g/mol. The highest BCUT2D eigenvalue weighted by Gasteiger charge is 2.09. The van der Waals surface area contributed by atoms with E-state index in [4.69, 9.17) is 17.4 Å². The van der Waals surface area contributed by atoms with Gasteiger partial charge in [0.2, 0.25) is 0 Å². The van der Waals surface area contributed by atoms with Crippen molar-refractivity contribution in [2.24, 2.45) is 5.84 Å². The van der Waals surface area contributed by atoms with Crippen molar-refractivity contribution < 1.29 is 0 Å². The number of aryl methyl sites for hydroxylation is 1. The van der Waals surface area contributed by atoms with E-state index in [-0.39, 0.29) is 6.04 Å². The average Bonchev–Trinajstić information content (AvgIpc) is 2.27. The van der Waals surface area contributed by atoms with Crippen molar-refractivity contribution in [3.8, 4) is 0 Å². The van der Waals surface area contributed by atoms with Crippen molar-refractivity contribution in [3.63, 3.8) is 0 Å². The summed E-state index contributed by atoms with van der Waals surface area (Å²) in [5.74, 6) is 7.66. The first kappa shape index (κ1) is 13.8. The Morgan fingerprint density at radius 2 is 2.25 bits per heavy atom. The van der Waals surface area contributed by atoms with E-state index in [1.54, 1.807) is 0 Å². The molecular formula is C12H19ClN2S. The third-order valence-electron chi connectivity index (χ3n) is 2.43. The molecule has 1 rings (SSSR count). The van der Waals surface area contributed by atoms with Gasteiger partial charge in [-0.05, 0) is 36.3 Å². The van der Waals surface area contributed by atoms with Gasteiger partial charge in [-0.3, -0.25) is 11.3 Å². The standard InChI is InChI=1S/C12H19ClN2S/c1-3-16-8-11(15-14)7-10-5-4-9(2)6-12(10)13/h4-6,11,15H,3,7-8,14H2,1-2H3. The Labute approximate surface area is 107 Å². The number of hydrogen-bond acceptors (Lipinski definition) is 3. The van der Waals surface area contributed by atoms with Crippen molar-refractivity contribution in [2.75, 3.05) is 11.5 Å². The van der Waals surface area contributed by atoms with Gasteiger partial charge in [-0.1, -0.05) is 30.7 Å². The summed E-state index contributed by atoms with van der Waals surface area (Å²) in [5.41, 5.74) is 5.20. The molecule has 0 saturated carbocycles. The van der Waals surface area contributed by atoms with E-state index in [2.05, 4.69) is 24.5 Å². The molecule has 0 amide bonds. The highest BCUT2D eigenvalue weighted by atomic mass is 35.5. The summed E-state index contributed by atoms with van der Waals surface area (Å²) in [5, 5.41) is 0.835. The van der Waals surface area contributed by atoms with Crippen LogP contribution < -0.4 is 11.3 Å². The van der Waals surface area contributed by atoms with Crippen molar-refractivity contribution >= 4 is 23.4 Å². The van der Waals surface area contributed by atoms with E-state index in [1.165, 1.54) is 5.56 Å². The average molecular weight is 259 g/mol. The Hall–Kier alpha value is -0.220. The van der Waals surface area contributed by atoms with Crippen molar-refractivity contribution in [1.82, 2.24) is 5.43 Å². The summed E-state index contributed by atoms with van der Waals surface area (Å²) in [6, 6.07) is 6.45. The Kier molecular flexibility index (Phi) is 6.21. The molecule has 0 aliphatic rings. The molecule has 0 heterocycles. The van der Waals surface area contributed by atoms with Gasteiger partial charge in [-0.15, -0.1) is 0 Å². The van der Waals surface area contributed by atoms with Crippen molar-refractivity contribution in [3.05, 3.63) is 34.3 Å². The van der Waals surface area contributed by atoms with Crippen LogP contribution in [0.3, 0.4) is 0 Å². The lowest BCUT2D eigenvalue weighted by Gasteiger charge is -2.16. The third-order valence-corrected chi connectivity index (χ3v) is 3.83. The predicted molar refractivity (Wildman–Crippen MR) is 74.0 cm³/mol. The molecule has 0 aromatic heterocycles. The number of nitrogens with two attached hydrogens (primary N) is 1. The Balaban J connectivity index is 2.62. The molecule has 16 heavy (non-hydrogen) atoms. The number of hydrogen-bond donors (Lipinski definition) is 2. The maximum atomic E-state index is 6.19. The van der Waals surface area contributed by atoms with E-state index >= 15 is 0 Å². The van der Waals surface area contributed by atoms with Crippen LogP contribution in [0, 0.1) is 6.92 Å². The molecule has 0 aliphatic heterocycles. The maximum absolute atomic E-state index is 6.19. The first-order valence-electron chi connectivity index (χ1n) is 5.46. The summed E-state index contributed by atoms with van der Waals surface area (Å²) in [4.78, 5) is 0. The molecular weight excluding hydrogens is 240 g/mol.